The van der Waals surface area contributed by atoms with Gasteiger partial charge in [-0.3, -0.25) is 0 Å². The normalized spacial score (nSPS) is 24.4. The summed E-state index contributed by atoms with van der Waals surface area (Å²) in [5, 5.41) is 3.70. The molecule has 1 rings (SSSR count). The first-order valence-corrected chi connectivity index (χ1v) is 6.91. The second-order valence-electron chi connectivity index (χ2n) is 4.81. The Kier molecular flexibility index (Phi) is 7.24. The lowest BCUT2D eigenvalue weighted by molar-refractivity contribution is 0.420. The summed E-state index contributed by atoms with van der Waals surface area (Å²) < 4.78 is 0. The van der Waals surface area contributed by atoms with E-state index < -0.39 is 0 Å². The second kappa shape index (κ2) is 8.58. The minimum absolute atomic E-state index is 0.738. The van der Waals surface area contributed by atoms with Crippen LogP contribution in [0.2, 0.25) is 0 Å². The lowest BCUT2D eigenvalue weighted by atomic mass is 9.90. The molecule has 1 N–H and O–H groups in total. The Balaban J connectivity index is 2.22. The Hall–Kier alpha value is -0.560. The molecule has 0 radical (unpaired) electrons. The van der Waals surface area contributed by atoms with Crippen LogP contribution in [-0.4, -0.2) is 12.6 Å². The van der Waals surface area contributed by atoms with E-state index in [1.807, 2.05) is 0 Å². The molecular formula is C15H27N. The van der Waals surface area contributed by atoms with Crippen molar-refractivity contribution >= 4 is 0 Å². The summed E-state index contributed by atoms with van der Waals surface area (Å²) in [4.78, 5) is 0. The average Bonchev–Trinajstić information content (AvgIpc) is 2.33. The van der Waals surface area contributed by atoms with Gasteiger partial charge in [-0.15, -0.1) is 0 Å². The largest absolute Gasteiger partial charge is 0.314 e. The fourth-order valence-electron chi connectivity index (χ4n) is 2.34. The molecule has 92 valence electrons. The summed E-state index contributed by atoms with van der Waals surface area (Å²) in [5.74, 6) is 0. The molecule has 1 unspecified atom stereocenters. The minimum Gasteiger partial charge on any atom is -0.314 e. The zero-order valence-electron chi connectivity index (χ0n) is 11.0. The molecule has 0 aromatic rings. The molecule has 0 heterocycles. The highest BCUT2D eigenvalue weighted by Crippen LogP contribution is 2.23. The minimum atomic E-state index is 0.738. The van der Waals surface area contributed by atoms with Crippen LogP contribution >= 0.6 is 0 Å². The van der Waals surface area contributed by atoms with E-state index in [0.717, 1.165) is 6.04 Å². The predicted octanol–water partition coefficient (Wildman–Crippen LogP) is 4.21. The summed E-state index contributed by atoms with van der Waals surface area (Å²) >= 11 is 0. The number of unbranched alkanes of at least 4 members (excludes halogenated alkanes) is 2. The van der Waals surface area contributed by atoms with Gasteiger partial charge in [-0.2, -0.15) is 0 Å². The molecule has 1 aliphatic carbocycles. The number of rotatable bonds is 6. The number of nitrogens with one attached hydrogen (secondary N) is 1. The van der Waals surface area contributed by atoms with E-state index >= 15 is 0 Å². The molecule has 1 atom stereocenters. The van der Waals surface area contributed by atoms with Crippen molar-refractivity contribution in [2.75, 3.05) is 6.54 Å². The van der Waals surface area contributed by atoms with Crippen molar-refractivity contribution in [3.05, 3.63) is 23.8 Å². The Morgan fingerprint density at radius 3 is 3.00 bits per heavy atom. The number of hydrogen-bond acceptors (Lipinski definition) is 1. The molecule has 0 amide bonds. The molecule has 1 saturated carbocycles. The highest BCUT2D eigenvalue weighted by atomic mass is 14.9. The van der Waals surface area contributed by atoms with Gasteiger partial charge in [0, 0.05) is 6.04 Å². The third kappa shape index (κ3) is 5.50. The van der Waals surface area contributed by atoms with Crippen molar-refractivity contribution in [2.45, 2.75) is 64.8 Å². The standard InChI is InChI=1S/C15H27N/c1-3-5-7-12-16-15-11-8-10-14(13-15)9-6-4-2/h4,6,9,15-16H,3,5,7-8,10-13H2,1-2H3/b6-4-,14-9-. The van der Waals surface area contributed by atoms with Crippen LogP contribution in [0.15, 0.2) is 23.8 Å². The third-order valence-corrected chi connectivity index (χ3v) is 3.30. The van der Waals surface area contributed by atoms with Gasteiger partial charge in [0.15, 0.2) is 0 Å². The fourth-order valence-corrected chi connectivity index (χ4v) is 2.34. The fraction of sp³-hybridized carbons (Fsp3) is 0.733. The van der Waals surface area contributed by atoms with Crippen molar-refractivity contribution in [2.24, 2.45) is 0 Å². The van der Waals surface area contributed by atoms with Crippen molar-refractivity contribution in [1.29, 1.82) is 0 Å². The summed E-state index contributed by atoms with van der Waals surface area (Å²) in [7, 11) is 0. The highest BCUT2D eigenvalue weighted by Gasteiger charge is 2.15. The van der Waals surface area contributed by atoms with Gasteiger partial charge in [-0.1, -0.05) is 43.6 Å². The van der Waals surface area contributed by atoms with Crippen LogP contribution in [0.5, 0.6) is 0 Å². The van der Waals surface area contributed by atoms with E-state index in [4.69, 9.17) is 0 Å². The van der Waals surface area contributed by atoms with E-state index in [2.05, 4.69) is 37.4 Å². The maximum Gasteiger partial charge on any atom is 0.0104 e. The van der Waals surface area contributed by atoms with Crippen molar-refractivity contribution in [3.8, 4) is 0 Å². The van der Waals surface area contributed by atoms with Gasteiger partial charge < -0.3 is 5.32 Å². The zero-order valence-corrected chi connectivity index (χ0v) is 11.0. The monoisotopic (exact) mass is 221 g/mol. The van der Waals surface area contributed by atoms with Gasteiger partial charge in [0.25, 0.3) is 0 Å². The maximum absolute atomic E-state index is 3.70. The van der Waals surface area contributed by atoms with Gasteiger partial charge >= 0.3 is 0 Å². The van der Waals surface area contributed by atoms with Crippen LogP contribution < -0.4 is 5.32 Å². The van der Waals surface area contributed by atoms with Crippen LogP contribution in [0.4, 0.5) is 0 Å². The van der Waals surface area contributed by atoms with E-state index in [0.29, 0.717) is 0 Å². The summed E-state index contributed by atoms with van der Waals surface area (Å²) in [6, 6.07) is 0.738. The first kappa shape index (κ1) is 13.5. The molecule has 1 fully saturated rings. The third-order valence-electron chi connectivity index (χ3n) is 3.30. The van der Waals surface area contributed by atoms with Gasteiger partial charge in [0.1, 0.15) is 0 Å². The molecule has 0 bridgehead atoms. The van der Waals surface area contributed by atoms with E-state index in [9.17, 15) is 0 Å². The number of allylic oxidation sites excluding steroid dienone is 3. The molecule has 1 aliphatic rings. The SMILES string of the molecule is C/C=C\C=C1\CCCC(NCCCCC)C1. The lowest BCUT2D eigenvalue weighted by Crippen LogP contribution is -2.32. The lowest BCUT2D eigenvalue weighted by Gasteiger charge is -2.25. The van der Waals surface area contributed by atoms with E-state index in [1.165, 1.54) is 51.5 Å². The van der Waals surface area contributed by atoms with Crippen molar-refractivity contribution in [1.82, 2.24) is 5.32 Å². The quantitative estimate of drug-likeness (QED) is 0.662. The number of hydrogen-bond donors (Lipinski definition) is 1. The molecule has 1 nitrogen and oxygen atoms in total. The molecule has 0 aliphatic heterocycles. The van der Waals surface area contributed by atoms with E-state index in [-0.39, 0.29) is 0 Å². The molecular weight excluding hydrogens is 194 g/mol. The Morgan fingerprint density at radius 1 is 1.38 bits per heavy atom. The average molecular weight is 221 g/mol. The van der Waals surface area contributed by atoms with Crippen LogP contribution in [0.1, 0.15) is 58.8 Å². The zero-order chi connectivity index (χ0) is 11.6. The van der Waals surface area contributed by atoms with Crippen molar-refractivity contribution < 1.29 is 0 Å². The molecule has 0 spiro atoms. The Bertz CT molecular complexity index is 228. The van der Waals surface area contributed by atoms with Gasteiger partial charge in [0.05, 0.1) is 0 Å². The topological polar surface area (TPSA) is 12.0 Å². The molecule has 16 heavy (non-hydrogen) atoms. The van der Waals surface area contributed by atoms with E-state index in [1.54, 1.807) is 5.57 Å². The Labute approximate surface area is 101 Å². The Morgan fingerprint density at radius 2 is 2.25 bits per heavy atom. The first-order chi connectivity index (χ1) is 7.86. The van der Waals surface area contributed by atoms with Gasteiger partial charge in [-0.05, 0) is 45.6 Å². The summed E-state index contributed by atoms with van der Waals surface area (Å²) in [5.41, 5.74) is 1.62. The molecule has 0 saturated heterocycles. The summed E-state index contributed by atoms with van der Waals surface area (Å²) in [6.45, 7) is 5.55. The molecule has 1 heteroatoms. The van der Waals surface area contributed by atoms with Crippen molar-refractivity contribution in [3.63, 3.8) is 0 Å². The molecule has 0 aromatic heterocycles. The smallest absolute Gasteiger partial charge is 0.0104 e. The predicted molar refractivity (Wildman–Crippen MR) is 72.7 cm³/mol. The maximum atomic E-state index is 3.70. The van der Waals surface area contributed by atoms with Crippen LogP contribution in [0.3, 0.4) is 0 Å². The van der Waals surface area contributed by atoms with Crippen LogP contribution in [-0.2, 0) is 0 Å². The van der Waals surface area contributed by atoms with Gasteiger partial charge in [0.2, 0.25) is 0 Å². The summed E-state index contributed by atoms with van der Waals surface area (Å²) in [6.07, 6.45) is 15.9. The van der Waals surface area contributed by atoms with Crippen LogP contribution in [0.25, 0.3) is 0 Å². The van der Waals surface area contributed by atoms with Crippen LogP contribution in [0, 0.1) is 0 Å². The molecule has 0 aromatic carbocycles. The first-order valence-electron chi connectivity index (χ1n) is 6.91. The second-order valence-corrected chi connectivity index (χ2v) is 4.81. The van der Waals surface area contributed by atoms with Gasteiger partial charge in [-0.25, -0.2) is 0 Å². The highest BCUT2D eigenvalue weighted by molar-refractivity contribution is 5.15.